The Hall–Kier alpha value is -1.10. The van der Waals surface area contributed by atoms with Crippen LogP contribution in [0.15, 0.2) is 46.9 Å². The highest BCUT2D eigenvalue weighted by molar-refractivity contribution is 9.10. The van der Waals surface area contributed by atoms with E-state index in [1.165, 1.54) is 10.8 Å². The lowest BCUT2D eigenvalue weighted by atomic mass is 10.2. The first-order valence-electron chi connectivity index (χ1n) is 6.00. The maximum Gasteiger partial charge on any atom is 0.137 e. The summed E-state index contributed by atoms with van der Waals surface area (Å²) in [5, 5.41) is 5.13. The molecule has 1 heterocycles. The number of fused-ring (bicyclic) bond motifs is 1. The van der Waals surface area contributed by atoms with Gasteiger partial charge in [0.05, 0.1) is 16.0 Å². The van der Waals surface area contributed by atoms with E-state index in [0.29, 0.717) is 11.0 Å². The molecule has 5 heteroatoms. The number of thiophene rings is 1. The molecule has 3 rings (SSSR count). The van der Waals surface area contributed by atoms with Crippen molar-refractivity contribution in [2.24, 2.45) is 0 Å². The largest absolute Gasteiger partial charge is 0.380 e. The summed E-state index contributed by atoms with van der Waals surface area (Å²) in [5.41, 5.74) is 0.854. The number of nitrogens with one attached hydrogen (secondary N) is 1. The summed E-state index contributed by atoms with van der Waals surface area (Å²) < 4.78 is 14.8. The van der Waals surface area contributed by atoms with Gasteiger partial charge in [-0.3, -0.25) is 0 Å². The second-order valence-corrected chi connectivity index (χ2v) is 6.69. The number of benzene rings is 2. The monoisotopic (exact) mass is 369 g/mol. The summed E-state index contributed by atoms with van der Waals surface area (Å²) in [4.78, 5) is 1.08. The number of hydrogen-bond donors (Lipinski definition) is 1. The second-order valence-electron chi connectivity index (χ2n) is 4.32. The zero-order valence-corrected chi connectivity index (χ0v) is 13.4. The molecule has 102 valence electrons. The van der Waals surface area contributed by atoms with Gasteiger partial charge in [-0.2, -0.15) is 0 Å². The quantitative estimate of drug-likeness (QED) is 0.590. The van der Waals surface area contributed by atoms with Crippen LogP contribution in [0.2, 0.25) is 5.02 Å². The molecule has 1 N–H and O–H groups in total. The SMILES string of the molecule is Fc1ccc(NCc2sc3ccccc3c2Cl)cc1Br. The molecular weight excluding hydrogens is 361 g/mol. The van der Waals surface area contributed by atoms with E-state index in [4.69, 9.17) is 11.6 Å². The Balaban J connectivity index is 1.83. The Morgan fingerprint density at radius 3 is 2.75 bits per heavy atom. The summed E-state index contributed by atoms with van der Waals surface area (Å²) in [5.74, 6) is -0.268. The van der Waals surface area contributed by atoms with Crippen LogP contribution in [0.4, 0.5) is 10.1 Å². The van der Waals surface area contributed by atoms with E-state index >= 15 is 0 Å². The molecule has 0 radical (unpaired) electrons. The lowest BCUT2D eigenvalue weighted by Gasteiger charge is -2.06. The third kappa shape index (κ3) is 2.68. The van der Waals surface area contributed by atoms with E-state index < -0.39 is 0 Å². The molecule has 0 bridgehead atoms. The van der Waals surface area contributed by atoms with Gasteiger partial charge in [-0.1, -0.05) is 29.8 Å². The molecule has 0 amide bonds. The van der Waals surface area contributed by atoms with Crippen molar-refractivity contribution in [3.8, 4) is 0 Å². The third-order valence-electron chi connectivity index (χ3n) is 2.97. The fraction of sp³-hybridized carbons (Fsp3) is 0.0667. The van der Waals surface area contributed by atoms with Crippen LogP contribution in [0, 0.1) is 5.82 Å². The van der Waals surface area contributed by atoms with Crippen LogP contribution in [-0.4, -0.2) is 0 Å². The molecule has 0 atom stereocenters. The summed E-state index contributed by atoms with van der Waals surface area (Å²) >= 11 is 11.2. The molecule has 1 aromatic heterocycles. The third-order valence-corrected chi connectivity index (χ3v) is 5.30. The Bertz CT molecular complexity index is 772. The second kappa shape index (κ2) is 5.72. The molecule has 20 heavy (non-hydrogen) atoms. The zero-order valence-electron chi connectivity index (χ0n) is 10.3. The van der Waals surface area contributed by atoms with Gasteiger partial charge >= 0.3 is 0 Å². The highest BCUT2D eigenvalue weighted by Crippen LogP contribution is 2.35. The lowest BCUT2D eigenvalue weighted by molar-refractivity contribution is 0.621. The molecule has 0 fully saturated rings. The van der Waals surface area contributed by atoms with E-state index in [1.807, 2.05) is 18.2 Å². The van der Waals surface area contributed by atoms with Crippen molar-refractivity contribution in [3.05, 3.63) is 62.7 Å². The zero-order chi connectivity index (χ0) is 14.1. The first-order chi connectivity index (χ1) is 9.65. The van der Waals surface area contributed by atoms with Crippen molar-refractivity contribution in [3.63, 3.8) is 0 Å². The van der Waals surface area contributed by atoms with E-state index in [0.717, 1.165) is 21.0 Å². The Morgan fingerprint density at radius 1 is 1.20 bits per heavy atom. The minimum absolute atomic E-state index is 0.268. The van der Waals surface area contributed by atoms with Crippen molar-refractivity contribution in [2.45, 2.75) is 6.54 Å². The Morgan fingerprint density at radius 2 is 2.00 bits per heavy atom. The maximum atomic E-state index is 13.2. The molecule has 0 aliphatic rings. The van der Waals surface area contributed by atoms with Gasteiger partial charge < -0.3 is 5.32 Å². The summed E-state index contributed by atoms with van der Waals surface area (Å²) in [6, 6.07) is 12.9. The van der Waals surface area contributed by atoms with Crippen LogP contribution in [0.25, 0.3) is 10.1 Å². The van der Waals surface area contributed by atoms with E-state index in [1.54, 1.807) is 23.5 Å². The molecule has 0 aliphatic heterocycles. The van der Waals surface area contributed by atoms with Crippen molar-refractivity contribution in [1.82, 2.24) is 0 Å². The molecule has 0 aliphatic carbocycles. The van der Waals surface area contributed by atoms with Gasteiger partial charge in [0.15, 0.2) is 0 Å². The molecule has 1 nitrogen and oxygen atoms in total. The van der Waals surface area contributed by atoms with Gasteiger partial charge in [-0.25, -0.2) is 4.39 Å². The fourth-order valence-electron chi connectivity index (χ4n) is 1.97. The number of hydrogen-bond acceptors (Lipinski definition) is 2. The smallest absolute Gasteiger partial charge is 0.137 e. The van der Waals surface area contributed by atoms with Crippen LogP contribution < -0.4 is 5.32 Å². The summed E-state index contributed by atoms with van der Waals surface area (Å²) in [6.45, 7) is 0.621. The van der Waals surface area contributed by atoms with Gasteiger partial charge in [0.1, 0.15) is 5.82 Å². The molecule has 2 aromatic carbocycles. The van der Waals surface area contributed by atoms with E-state index in [-0.39, 0.29) is 5.82 Å². The van der Waals surface area contributed by atoms with Gasteiger partial charge in [0.2, 0.25) is 0 Å². The molecule has 3 aromatic rings. The van der Waals surface area contributed by atoms with Crippen molar-refractivity contribution in [1.29, 1.82) is 0 Å². The first-order valence-corrected chi connectivity index (χ1v) is 7.99. The van der Waals surface area contributed by atoms with Crippen LogP contribution in [0.5, 0.6) is 0 Å². The summed E-state index contributed by atoms with van der Waals surface area (Å²) in [7, 11) is 0. The number of halogens is 3. The normalized spacial score (nSPS) is 10.9. The topological polar surface area (TPSA) is 12.0 Å². The van der Waals surface area contributed by atoms with Crippen molar-refractivity contribution in [2.75, 3.05) is 5.32 Å². The predicted molar refractivity (Wildman–Crippen MR) is 88.3 cm³/mol. The first kappa shape index (κ1) is 13.9. The maximum absolute atomic E-state index is 13.2. The Kier molecular flexibility index (Phi) is 3.96. The molecular formula is C15H10BrClFNS. The molecule has 0 saturated carbocycles. The minimum Gasteiger partial charge on any atom is -0.380 e. The molecule has 0 saturated heterocycles. The number of rotatable bonds is 3. The standard InChI is InChI=1S/C15H10BrClFNS/c16-11-7-9(5-6-12(11)18)19-8-14-15(17)10-3-1-2-4-13(10)20-14/h1-7,19H,8H2. The average Bonchev–Trinajstić information content (AvgIpc) is 2.77. The predicted octanol–water partition coefficient (Wildman–Crippen LogP) is 6.07. The van der Waals surface area contributed by atoms with Gasteiger partial charge in [0, 0.05) is 20.7 Å². The van der Waals surface area contributed by atoms with Gasteiger partial charge in [-0.05, 0) is 40.2 Å². The van der Waals surface area contributed by atoms with Gasteiger partial charge in [-0.15, -0.1) is 11.3 Å². The van der Waals surface area contributed by atoms with Crippen molar-refractivity contribution < 1.29 is 4.39 Å². The van der Waals surface area contributed by atoms with Crippen LogP contribution in [-0.2, 0) is 6.54 Å². The molecule has 0 spiro atoms. The molecule has 0 unspecified atom stereocenters. The van der Waals surface area contributed by atoms with Crippen molar-refractivity contribution >= 4 is 54.6 Å². The highest BCUT2D eigenvalue weighted by Gasteiger charge is 2.09. The Labute approximate surface area is 133 Å². The van der Waals surface area contributed by atoms with Crippen LogP contribution in [0.1, 0.15) is 4.88 Å². The highest BCUT2D eigenvalue weighted by atomic mass is 79.9. The summed E-state index contributed by atoms with van der Waals surface area (Å²) in [6.07, 6.45) is 0. The van der Waals surface area contributed by atoms with Gasteiger partial charge in [0.25, 0.3) is 0 Å². The minimum atomic E-state index is -0.268. The average molecular weight is 371 g/mol. The number of anilines is 1. The van der Waals surface area contributed by atoms with E-state index in [2.05, 4.69) is 27.3 Å². The fourth-order valence-corrected chi connectivity index (χ4v) is 3.79. The lowest BCUT2D eigenvalue weighted by Crippen LogP contribution is -1.98. The van der Waals surface area contributed by atoms with Crippen LogP contribution in [0.3, 0.4) is 0 Å². The van der Waals surface area contributed by atoms with Crippen LogP contribution >= 0.6 is 38.9 Å². The van der Waals surface area contributed by atoms with E-state index in [9.17, 15) is 4.39 Å².